The normalized spacial score (nSPS) is 16.6. The maximum Gasteiger partial charge on any atom is 0.408 e. The Hall–Kier alpha value is -2.57. The number of rotatable bonds is 8. The summed E-state index contributed by atoms with van der Waals surface area (Å²) in [7, 11) is 1.32. The van der Waals surface area contributed by atoms with E-state index in [1.807, 2.05) is 44.2 Å². The van der Waals surface area contributed by atoms with Gasteiger partial charge in [0.25, 0.3) is 0 Å². The van der Waals surface area contributed by atoms with Gasteiger partial charge in [-0.15, -0.1) is 0 Å². The van der Waals surface area contributed by atoms with Crippen LogP contribution in [0.4, 0.5) is 4.79 Å². The Morgan fingerprint density at radius 1 is 1.03 bits per heavy atom. The summed E-state index contributed by atoms with van der Waals surface area (Å²) in [6.07, 6.45) is 4.28. The average molecular weight is 405 g/mol. The standard InChI is InChI=1S/C22H32N2O5/c1-15(2)18(24-22(27)29-14-16-10-6-4-7-11-16)20(25)23-19(21(26)28-3)17-12-8-5-9-13-17/h4,6-7,10-11,15,17-19H,5,8-9,12-14H2,1-3H3,(H,23,25)(H,24,27)/t18-,19+/m0/s1. The molecule has 0 aliphatic heterocycles. The Kier molecular flexibility index (Phi) is 8.96. The lowest BCUT2D eigenvalue weighted by Gasteiger charge is -2.31. The molecule has 7 nitrogen and oxygen atoms in total. The second-order valence-corrected chi connectivity index (χ2v) is 7.84. The molecular formula is C22H32N2O5. The Bertz CT molecular complexity index is 671. The molecule has 1 aromatic carbocycles. The number of nitrogens with one attached hydrogen (secondary N) is 2. The summed E-state index contributed by atoms with van der Waals surface area (Å²) in [6.45, 7) is 3.77. The maximum atomic E-state index is 12.9. The molecule has 1 aliphatic carbocycles. The highest BCUT2D eigenvalue weighted by molar-refractivity contribution is 5.90. The molecule has 0 unspecified atom stereocenters. The minimum Gasteiger partial charge on any atom is -0.467 e. The van der Waals surface area contributed by atoms with Gasteiger partial charge < -0.3 is 20.1 Å². The number of methoxy groups -OCH3 is 1. The molecule has 1 fully saturated rings. The lowest BCUT2D eigenvalue weighted by molar-refractivity contribution is -0.147. The zero-order valence-corrected chi connectivity index (χ0v) is 17.5. The van der Waals surface area contributed by atoms with Crippen molar-refractivity contribution < 1.29 is 23.9 Å². The quantitative estimate of drug-likeness (QED) is 0.649. The molecule has 0 spiro atoms. The van der Waals surface area contributed by atoms with Crippen LogP contribution in [-0.2, 0) is 25.7 Å². The van der Waals surface area contributed by atoms with Crippen molar-refractivity contribution in [3.8, 4) is 0 Å². The van der Waals surface area contributed by atoms with Crippen LogP contribution in [0.1, 0.15) is 51.5 Å². The van der Waals surface area contributed by atoms with Gasteiger partial charge in [0.1, 0.15) is 18.7 Å². The third-order valence-corrected chi connectivity index (χ3v) is 5.31. The van der Waals surface area contributed by atoms with E-state index >= 15 is 0 Å². The highest BCUT2D eigenvalue weighted by atomic mass is 16.5. The first-order valence-corrected chi connectivity index (χ1v) is 10.3. The van der Waals surface area contributed by atoms with Gasteiger partial charge in [-0.2, -0.15) is 0 Å². The molecule has 1 aliphatic rings. The van der Waals surface area contributed by atoms with Crippen LogP contribution in [-0.4, -0.2) is 37.2 Å². The first kappa shape index (κ1) is 22.7. The number of benzene rings is 1. The number of carbonyl (C=O) groups excluding carboxylic acids is 3. The zero-order chi connectivity index (χ0) is 21.2. The smallest absolute Gasteiger partial charge is 0.408 e. The van der Waals surface area contributed by atoms with Gasteiger partial charge in [0.05, 0.1) is 7.11 Å². The van der Waals surface area contributed by atoms with E-state index in [0.717, 1.165) is 37.7 Å². The van der Waals surface area contributed by atoms with Gasteiger partial charge in [-0.3, -0.25) is 4.79 Å². The summed E-state index contributed by atoms with van der Waals surface area (Å²) in [5.41, 5.74) is 0.858. The van der Waals surface area contributed by atoms with Crippen LogP contribution in [0.2, 0.25) is 0 Å². The van der Waals surface area contributed by atoms with Crippen molar-refractivity contribution in [3.63, 3.8) is 0 Å². The summed E-state index contributed by atoms with van der Waals surface area (Å²) in [5.74, 6) is -0.973. The van der Waals surface area contributed by atoms with Gasteiger partial charge in [0.2, 0.25) is 5.91 Å². The first-order valence-electron chi connectivity index (χ1n) is 10.3. The third kappa shape index (κ3) is 7.07. The topological polar surface area (TPSA) is 93.7 Å². The second kappa shape index (κ2) is 11.4. The van der Waals surface area contributed by atoms with Crippen molar-refractivity contribution in [1.29, 1.82) is 0 Å². The predicted octanol–water partition coefficient (Wildman–Crippen LogP) is 3.18. The number of amides is 2. The largest absolute Gasteiger partial charge is 0.467 e. The number of carbonyl (C=O) groups is 3. The van der Waals surface area contributed by atoms with E-state index in [2.05, 4.69) is 10.6 Å². The number of hydrogen-bond acceptors (Lipinski definition) is 5. The summed E-state index contributed by atoms with van der Waals surface area (Å²) in [4.78, 5) is 37.4. The molecule has 0 bridgehead atoms. The predicted molar refractivity (Wildman–Crippen MR) is 109 cm³/mol. The summed E-state index contributed by atoms with van der Waals surface area (Å²) in [6, 6.07) is 7.80. The molecule has 160 valence electrons. The Morgan fingerprint density at radius 2 is 1.69 bits per heavy atom. The molecule has 2 atom stereocenters. The SMILES string of the molecule is COC(=O)[C@H](NC(=O)[C@@H](NC(=O)OCc1ccccc1)C(C)C)C1CCCCC1. The van der Waals surface area contributed by atoms with E-state index in [1.165, 1.54) is 7.11 Å². The van der Waals surface area contributed by atoms with Crippen LogP contribution in [0.25, 0.3) is 0 Å². The third-order valence-electron chi connectivity index (χ3n) is 5.31. The van der Waals surface area contributed by atoms with Gasteiger partial charge in [-0.05, 0) is 30.2 Å². The van der Waals surface area contributed by atoms with E-state index in [0.29, 0.717) is 0 Å². The van der Waals surface area contributed by atoms with Crippen LogP contribution in [0, 0.1) is 11.8 Å². The molecule has 1 aromatic rings. The first-order chi connectivity index (χ1) is 13.9. The molecule has 7 heteroatoms. The van der Waals surface area contributed by atoms with E-state index in [1.54, 1.807) is 0 Å². The molecule has 0 heterocycles. The number of esters is 1. The Balaban J connectivity index is 1.97. The van der Waals surface area contributed by atoms with E-state index in [-0.39, 0.29) is 18.4 Å². The van der Waals surface area contributed by atoms with Crippen LogP contribution < -0.4 is 10.6 Å². The molecule has 0 saturated heterocycles. The lowest BCUT2D eigenvalue weighted by atomic mass is 9.83. The van der Waals surface area contributed by atoms with E-state index in [4.69, 9.17) is 9.47 Å². The number of hydrogen-bond donors (Lipinski definition) is 2. The van der Waals surface area contributed by atoms with Crippen molar-refractivity contribution in [1.82, 2.24) is 10.6 Å². The van der Waals surface area contributed by atoms with Crippen molar-refractivity contribution in [2.45, 2.75) is 64.6 Å². The summed E-state index contributed by atoms with van der Waals surface area (Å²) in [5, 5.41) is 5.44. The maximum absolute atomic E-state index is 12.9. The van der Waals surface area contributed by atoms with Crippen molar-refractivity contribution >= 4 is 18.0 Å². The molecule has 2 rings (SSSR count). The Labute approximate surface area is 172 Å². The van der Waals surface area contributed by atoms with Crippen molar-refractivity contribution in [3.05, 3.63) is 35.9 Å². The van der Waals surface area contributed by atoms with Crippen LogP contribution >= 0.6 is 0 Å². The molecule has 0 radical (unpaired) electrons. The monoisotopic (exact) mass is 404 g/mol. The molecule has 2 amide bonds. The Morgan fingerprint density at radius 3 is 2.28 bits per heavy atom. The van der Waals surface area contributed by atoms with E-state index in [9.17, 15) is 14.4 Å². The molecule has 1 saturated carbocycles. The zero-order valence-electron chi connectivity index (χ0n) is 17.5. The van der Waals surface area contributed by atoms with Crippen LogP contribution in [0.5, 0.6) is 0 Å². The summed E-state index contributed by atoms with van der Waals surface area (Å²) < 4.78 is 10.1. The molecule has 0 aromatic heterocycles. The fourth-order valence-corrected chi connectivity index (χ4v) is 3.63. The van der Waals surface area contributed by atoms with Crippen molar-refractivity contribution in [2.75, 3.05) is 7.11 Å². The van der Waals surface area contributed by atoms with Gasteiger partial charge in [-0.1, -0.05) is 63.4 Å². The average Bonchev–Trinajstić information content (AvgIpc) is 2.74. The summed E-state index contributed by atoms with van der Waals surface area (Å²) >= 11 is 0. The number of alkyl carbamates (subject to hydrolysis) is 1. The number of ether oxygens (including phenoxy) is 2. The highest BCUT2D eigenvalue weighted by Gasteiger charge is 2.34. The van der Waals surface area contributed by atoms with E-state index < -0.39 is 30.1 Å². The van der Waals surface area contributed by atoms with Gasteiger partial charge in [0.15, 0.2) is 0 Å². The minimum absolute atomic E-state index is 0.0537. The van der Waals surface area contributed by atoms with Crippen LogP contribution in [0.15, 0.2) is 30.3 Å². The van der Waals surface area contributed by atoms with Gasteiger partial charge >= 0.3 is 12.1 Å². The molecule has 2 N–H and O–H groups in total. The fraction of sp³-hybridized carbons (Fsp3) is 0.591. The van der Waals surface area contributed by atoms with Crippen molar-refractivity contribution in [2.24, 2.45) is 11.8 Å². The fourth-order valence-electron chi connectivity index (χ4n) is 3.63. The van der Waals surface area contributed by atoms with Gasteiger partial charge in [-0.25, -0.2) is 9.59 Å². The highest BCUT2D eigenvalue weighted by Crippen LogP contribution is 2.27. The minimum atomic E-state index is -0.811. The molecule has 29 heavy (non-hydrogen) atoms. The second-order valence-electron chi connectivity index (χ2n) is 7.84. The lowest BCUT2D eigenvalue weighted by Crippen LogP contribution is -2.56. The van der Waals surface area contributed by atoms with Crippen LogP contribution in [0.3, 0.4) is 0 Å². The van der Waals surface area contributed by atoms with Gasteiger partial charge in [0, 0.05) is 0 Å². The molecular weight excluding hydrogens is 372 g/mol.